The lowest BCUT2D eigenvalue weighted by molar-refractivity contribution is 0.102. The molecule has 2 heterocycles. The van der Waals surface area contributed by atoms with E-state index in [0.717, 1.165) is 0 Å². The Morgan fingerprint density at radius 3 is 2.94 bits per heavy atom. The van der Waals surface area contributed by atoms with Crippen molar-refractivity contribution in [3.05, 3.63) is 33.5 Å². The zero-order chi connectivity index (χ0) is 12.4. The molecule has 88 valence electrons. The molecule has 0 radical (unpaired) electrons. The molecule has 0 aliphatic rings. The molecule has 5 nitrogen and oxygen atoms in total. The van der Waals surface area contributed by atoms with Crippen LogP contribution in [0.4, 0.5) is 10.8 Å². The zero-order valence-electron chi connectivity index (χ0n) is 8.90. The van der Waals surface area contributed by atoms with Crippen LogP contribution in [0.25, 0.3) is 0 Å². The van der Waals surface area contributed by atoms with Gasteiger partial charge < -0.3 is 11.1 Å². The summed E-state index contributed by atoms with van der Waals surface area (Å²) in [5, 5.41) is 3.13. The van der Waals surface area contributed by atoms with Crippen LogP contribution in [0.2, 0.25) is 0 Å². The largest absolute Gasteiger partial charge is 0.375 e. The maximum absolute atomic E-state index is 12.0. The molecule has 2 rings (SSSR count). The van der Waals surface area contributed by atoms with Crippen molar-refractivity contribution in [2.75, 3.05) is 11.1 Å². The Morgan fingerprint density at radius 2 is 2.35 bits per heavy atom. The van der Waals surface area contributed by atoms with Crippen molar-refractivity contribution in [2.45, 2.75) is 6.92 Å². The number of thiazole rings is 1. The van der Waals surface area contributed by atoms with Gasteiger partial charge >= 0.3 is 0 Å². The topological polar surface area (TPSA) is 80.9 Å². The lowest BCUT2D eigenvalue weighted by atomic mass is 10.3. The van der Waals surface area contributed by atoms with Gasteiger partial charge in [0, 0.05) is 6.20 Å². The summed E-state index contributed by atoms with van der Waals surface area (Å²) in [5.41, 5.74) is 6.79. The lowest BCUT2D eigenvalue weighted by Crippen LogP contribution is -2.12. The third-order valence-corrected chi connectivity index (χ3v) is 3.64. The second-order valence-electron chi connectivity index (χ2n) is 3.26. The van der Waals surface area contributed by atoms with Gasteiger partial charge in [0.25, 0.3) is 5.91 Å². The standard InChI is InChI=1S/C10H9BrN4OS/c1-5-7(17-10(12)14-5)9(16)15-6-3-2-4-13-8(6)11/h2-4H,1H3,(H2,12,14)(H,15,16). The lowest BCUT2D eigenvalue weighted by Gasteiger charge is -2.04. The quantitative estimate of drug-likeness (QED) is 0.835. The third-order valence-electron chi connectivity index (χ3n) is 2.03. The van der Waals surface area contributed by atoms with Gasteiger partial charge in [-0.05, 0) is 35.0 Å². The van der Waals surface area contributed by atoms with Gasteiger partial charge in [-0.2, -0.15) is 0 Å². The van der Waals surface area contributed by atoms with Crippen LogP contribution in [0, 0.1) is 6.92 Å². The SMILES string of the molecule is Cc1nc(N)sc1C(=O)Nc1cccnc1Br. The molecule has 0 bridgehead atoms. The number of nitrogens with zero attached hydrogens (tertiary/aromatic N) is 2. The van der Waals surface area contributed by atoms with Crippen molar-refractivity contribution in [3.63, 3.8) is 0 Å². The van der Waals surface area contributed by atoms with E-state index in [0.29, 0.717) is 26.0 Å². The summed E-state index contributed by atoms with van der Waals surface area (Å²) in [7, 11) is 0. The Kier molecular flexibility index (Phi) is 3.39. The molecule has 2 aromatic heterocycles. The number of carbonyl (C=O) groups is 1. The van der Waals surface area contributed by atoms with E-state index < -0.39 is 0 Å². The van der Waals surface area contributed by atoms with Crippen molar-refractivity contribution >= 4 is 44.0 Å². The second kappa shape index (κ2) is 4.80. The zero-order valence-corrected chi connectivity index (χ0v) is 11.3. The summed E-state index contributed by atoms with van der Waals surface area (Å²) in [4.78, 5) is 20.5. The highest BCUT2D eigenvalue weighted by Gasteiger charge is 2.15. The van der Waals surface area contributed by atoms with E-state index in [2.05, 4.69) is 31.2 Å². The second-order valence-corrected chi connectivity index (χ2v) is 5.04. The van der Waals surface area contributed by atoms with Crippen LogP contribution in [0.5, 0.6) is 0 Å². The van der Waals surface area contributed by atoms with Crippen LogP contribution >= 0.6 is 27.3 Å². The van der Waals surface area contributed by atoms with Crippen molar-refractivity contribution in [1.29, 1.82) is 0 Å². The highest BCUT2D eigenvalue weighted by atomic mass is 79.9. The third kappa shape index (κ3) is 2.62. The number of hydrogen-bond acceptors (Lipinski definition) is 5. The van der Waals surface area contributed by atoms with E-state index in [1.165, 1.54) is 11.3 Å². The Labute approximate surface area is 110 Å². The maximum Gasteiger partial charge on any atom is 0.267 e. The number of amides is 1. The number of rotatable bonds is 2. The summed E-state index contributed by atoms with van der Waals surface area (Å²) in [5.74, 6) is -0.231. The van der Waals surface area contributed by atoms with Gasteiger partial charge in [0.2, 0.25) is 0 Å². The number of nitrogens with one attached hydrogen (secondary N) is 1. The number of nitrogens with two attached hydrogens (primary N) is 1. The van der Waals surface area contributed by atoms with E-state index >= 15 is 0 Å². The van der Waals surface area contributed by atoms with Gasteiger partial charge in [-0.3, -0.25) is 4.79 Å². The number of pyridine rings is 1. The summed E-state index contributed by atoms with van der Waals surface area (Å²) in [6, 6.07) is 3.50. The minimum absolute atomic E-state index is 0.231. The fraction of sp³-hybridized carbons (Fsp3) is 0.100. The first-order chi connectivity index (χ1) is 8.08. The number of halogens is 1. The van der Waals surface area contributed by atoms with Crippen LogP contribution in [0.3, 0.4) is 0 Å². The molecular weight excluding hydrogens is 304 g/mol. The molecular formula is C10H9BrN4OS. The molecule has 0 aliphatic carbocycles. The van der Waals surface area contributed by atoms with E-state index in [1.54, 1.807) is 25.3 Å². The minimum atomic E-state index is -0.231. The van der Waals surface area contributed by atoms with E-state index in [9.17, 15) is 4.79 Å². The molecule has 7 heteroatoms. The predicted molar refractivity (Wildman–Crippen MR) is 71.2 cm³/mol. The van der Waals surface area contributed by atoms with Gasteiger partial charge in [-0.1, -0.05) is 11.3 Å². The normalized spacial score (nSPS) is 10.2. The van der Waals surface area contributed by atoms with Crippen molar-refractivity contribution < 1.29 is 4.79 Å². The number of carbonyl (C=O) groups excluding carboxylic acids is 1. The molecule has 17 heavy (non-hydrogen) atoms. The maximum atomic E-state index is 12.0. The van der Waals surface area contributed by atoms with Crippen LogP contribution < -0.4 is 11.1 Å². The smallest absolute Gasteiger partial charge is 0.267 e. The van der Waals surface area contributed by atoms with Crippen molar-refractivity contribution in [3.8, 4) is 0 Å². The summed E-state index contributed by atoms with van der Waals surface area (Å²) >= 11 is 4.42. The molecule has 2 aromatic rings. The van der Waals surface area contributed by atoms with Gasteiger partial charge in [0.15, 0.2) is 5.13 Å². The molecule has 3 N–H and O–H groups in total. The number of anilines is 2. The Balaban J connectivity index is 2.23. The fourth-order valence-corrected chi connectivity index (χ4v) is 2.36. The minimum Gasteiger partial charge on any atom is -0.375 e. The van der Waals surface area contributed by atoms with E-state index in [-0.39, 0.29) is 5.91 Å². The van der Waals surface area contributed by atoms with Crippen LogP contribution in [0.1, 0.15) is 15.4 Å². The van der Waals surface area contributed by atoms with Crippen LogP contribution in [0.15, 0.2) is 22.9 Å². The van der Waals surface area contributed by atoms with Crippen LogP contribution in [-0.4, -0.2) is 15.9 Å². The first-order valence-corrected chi connectivity index (χ1v) is 6.33. The van der Waals surface area contributed by atoms with Crippen molar-refractivity contribution in [2.24, 2.45) is 0 Å². The monoisotopic (exact) mass is 312 g/mol. The van der Waals surface area contributed by atoms with Gasteiger partial charge in [0.1, 0.15) is 9.48 Å². The number of nitrogen functional groups attached to an aromatic ring is 1. The first-order valence-electron chi connectivity index (χ1n) is 4.72. The molecule has 0 aliphatic heterocycles. The molecule has 0 spiro atoms. The molecule has 1 amide bonds. The van der Waals surface area contributed by atoms with Gasteiger partial charge in [-0.25, -0.2) is 9.97 Å². The molecule has 0 atom stereocenters. The van der Waals surface area contributed by atoms with E-state index in [1.807, 2.05) is 0 Å². The summed E-state index contributed by atoms with van der Waals surface area (Å²) in [6.45, 7) is 1.75. The highest BCUT2D eigenvalue weighted by Crippen LogP contribution is 2.23. The predicted octanol–water partition coefficient (Wildman–Crippen LogP) is 2.44. The van der Waals surface area contributed by atoms with Gasteiger partial charge in [0.05, 0.1) is 11.4 Å². The van der Waals surface area contributed by atoms with Crippen LogP contribution in [-0.2, 0) is 0 Å². The highest BCUT2D eigenvalue weighted by molar-refractivity contribution is 9.10. The average molecular weight is 313 g/mol. The molecule has 0 saturated heterocycles. The Hall–Kier alpha value is -1.47. The number of aromatic nitrogens is 2. The number of aryl methyl sites for hydroxylation is 1. The average Bonchev–Trinajstić information content (AvgIpc) is 2.61. The first kappa shape index (κ1) is 12.0. The Morgan fingerprint density at radius 1 is 1.59 bits per heavy atom. The molecule has 0 saturated carbocycles. The van der Waals surface area contributed by atoms with Crippen molar-refractivity contribution in [1.82, 2.24) is 9.97 Å². The van der Waals surface area contributed by atoms with Gasteiger partial charge in [-0.15, -0.1) is 0 Å². The summed E-state index contributed by atoms with van der Waals surface area (Å²) < 4.78 is 0.587. The fourth-order valence-electron chi connectivity index (χ4n) is 1.29. The molecule has 0 unspecified atom stereocenters. The summed E-state index contributed by atoms with van der Waals surface area (Å²) in [6.07, 6.45) is 1.63. The molecule has 0 fully saturated rings. The van der Waals surface area contributed by atoms with E-state index in [4.69, 9.17) is 5.73 Å². The molecule has 0 aromatic carbocycles. The Bertz CT molecular complexity index is 569. The number of hydrogen-bond donors (Lipinski definition) is 2.